The number of benzene rings is 1. The monoisotopic (exact) mass is 215 g/mol. The summed E-state index contributed by atoms with van der Waals surface area (Å²) in [6.07, 6.45) is 0.971. The Morgan fingerprint density at radius 1 is 1.31 bits per heavy atom. The van der Waals surface area contributed by atoms with E-state index in [9.17, 15) is 4.79 Å². The van der Waals surface area contributed by atoms with Crippen molar-refractivity contribution in [2.45, 2.75) is 19.8 Å². The van der Waals surface area contributed by atoms with Crippen molar-refractivity contribution in [3.05, 3.63) is 41.6 Å². The standard InChI is InChI=1S/C13H13NO2/c1-2-9-3-6-12-10(7-9)4-5-11(14-12)8-13(15)16/h3-7H,2,8H2,1H3,(H,15,16). The number of hydrogen-bond donors (Lipinski definition) is 1. The maximum absolute atomic E-state index is 10.6. The topological polar surface area (TPSA) is 50.2 Å². The molecule has 0 bridgehead atoms. The van der Waals surface area contributed by atoms with Crippen LogP contribution in [0.4, 0.5) is 0 Å². The zero-order valence-electron chi connectivity index (χ0n) is 9.10. The van der Waals surface area contributed by atoms with Crippen molar-refractivity contribution in [3.63, 3.8) is 0 Å². The normalized spacial score (nSPS) is 10.6. The molecule has 0 aliphatic rings. The average Bonchev–Trinajstić information content (AvgIpc) is 2.27. The minimum atomic E-state index is -0.850. The lowest BCUT2D eigenvalue weighted by Gasteiger charge is -2.02. The molecule has 1 heterocycles. The predicted molar refractivity (Wildman–Crippen MR) is 62.5 cm³/mol. The number of hydrogen-bond acceptors (Lipinski definition) is 2. The summed E-state index contributed by atoms with van der Waals surface area (Å²) in [6.45, 7) is 2.10. The second-order valence-electron chi connectivity index (χ2n) is 3.75. The van der Waals surface area contributed by atoms with Crippen LogP contribution in [0.3, 0.4) is 0 Å². The lowest BCUT2D eigenvalue weighted by molar-refractivity contribution is -0.136. The lowest BCUT2D eigenvalue weighted by atomic mass is 10.1. The molecule has 0 spiro atoms. The van der Waals surface area contributed by atoms with Gasteiger partial charge in [-0.05, 0) is 30.2 Å². The Bertz CT molecular complexity index is 534. The van der Waals surface area contributed by atoms with Crippen LogP contribution in [0.25, 0.3) is 10.9 Å². The summed E-state index contributed by atoms with van der Waals surface area (Å²) in [7, 11) is 0. The van der Waals surface area contributed by atoms with Gasteiger partial charge >= 0.3 is 5.97 Å². The minimum absolute atomic E-state index is 0.0224. The molecular formula is C13H13NO2. The molecule has 0 saturated heterocycles. The smallest absolute Gasteiger partial charge is 0.309 e. The number of aromatic nitrogens is 1. The fourth-order valence-corrected chi connectivity index (χ4v) is 1.69. The molecule has 0 amide bonds. The summed E-state index contributed by atoms with van der Waals surface area (Å²) in [4.78, 5) is 14.9. The predicted octanol–water partition coefficient (Wildman–Crippen LogP) is 2.42. The van der Waals surface area contributed by atoms with Crippen LogP contribution in [0.5, 0.6) is 0 Å². The number of pyridine rings is 1. The van der Waals surface area contributed by atoms with E-state index < -0.39 is 5.97 Å². The van der Waals surface area contributed by atoms with Gasteiger partial charge < -0.3 is 5.11 Å². The van der Waals surface area contributed by atoms with Crippen molar-refractivity contribution in [1.82, 2.24) is 4.98 Å². The first-order valence-corrected chi connectivity index (χ1v) is 5.29. The quantitative estimate of drug-likeness (QED) is 0.855. The average molecular weight is 215 g/mol. The van der Waals surface area contributed by atoms with Crippen LogP contribution in [0, 0.1) is 0 Å². The fourth-order valence-electron chi connectivity index (χ4n) is 1.69. The van der Waals surface area contributed by atoms with E-state index in [0.29, 0.717) is 5.69 Å². The van der Waals surface area contributed by atoms with E-state index in [1.165, 1.54) is 5.56 Å². The lowest BCUT2D eigenvalue weighted by Crippen LogP contribution is -2.02. The third-order valence-corrected chi connectivity index (χ3v) is 2.55. The Balaban J connectivity index is 2.43. The Morgan fingerprint density at radius 2 is 2.12 bits per heavy atom. The van der Waals surface area contributed by atoms with Crippen LogP contribution >= 0.6 is 0 Å². The maximum atomic E-state index is 10.6. The molecular weight excluding hydrogens is 202 g/mol. The number of carbonyl (C=O) groups is 1. The van der Waals surface area contributed by atoms with Crippen LogP contribution in [0.1, 0.15) is 18.2 Å². The van der Waals surface area contributed by atoms with E-state index in [1.54, 1.807) is 6.07 Å². The van der Waals surface area contributed by atoms with Gasteiger partial charge in [-0.15, -0.1) is 0 Å². The van der Waals surface area contributed by atoms with Gasteiger partial charge in [0.15, 0.2) is 0 Å². The molecule has 1 aromatic heterocycles. The number of carboxylic acid groups (broad SMARTS) is 1. The van der Waals surface area contributed by atoms with E-state index in [2.05, 4.69) is 18.0 Å². The largest absolute Gasteiger partial charge is 0.481 e. The highest BCUT2D eigenvalue weighted by molar-refractivity contribution is 5.80. The second kappa shape index (κ2) is 4.31. The van der Waals surface area contributed by atoms with E-state index in [-0.39, 0.29) is 6.42 Å². The molecule has 82 valence electrons. The number of fused-ring (bicyclic) bond motifs is 1. The highest BCUT2D eigenvalue weighted by Gasteiger charge is 2.03. The molecule has 1 aromatic carbocycles. The summed E-state index contributed by atoms with van der Waals surface area (Å²) in [5, 5.41) is 9.74. The molecule has 0 unspecified atom stereocenters. The zero-order chi connectivity index (χ0) is 11.5. The first kappa shape index (κ1) is 10.6. The van der Waals surface area contributed by atoms with Crippen molar-refractivity contribution in [3.8, 4) is 0 Å². The Kier molecular flexibility index (Phi) is 2.86. The van der Waals surface area contributed by atoms with Gasteiger partial charge in [-0.25, -0.2) is 0 Å². The van der Waals surface area contributed by atoms with Crippen molar-refractivity contribution < 1.29 is 9.90 Å². The van der Waals surface area contributed by atoms with Crippen LogP contribution in [-0.4, -0.2) is 16.1 Å². The first-order valence-electron chi connectivity index (χ1n) is 5.29. The molecule has 2 rings (SSSR count). The van der Waals surface area contributed by atoms with Gasteiger partial charge in [0.1, 0.15) is 0 Å². The van der Waals surface area contributed by atoms with E-state index in [0.717, 1.165) is 17.3 Å². The SMILES string of the molecule is CCc1ccc2nc(CC(=O)O)ccc2c1. The molecule has 2 aromatic rings. The molecule has 0 saturated carbocycles. The molecule has 0 aliphatic heterocycles. The summed E-state index contributed by atoms with van der Waals surface area (Å²) < 4.78 is 0. The van der Waals surface area contributed by atoms with Crippen molar-refractivity contribution in [1.29, 1.82) is 0 Å². The van der Waals surface area contributed by atoms with Gasteiger partial charge in [-0.3, -0.25) is 9.78 Å². The number of rotatable bonds is 3. The fraction of sp³-hybridized carbons (Fsp3) is 0.231. The van der Waals surface area contributed by atoms with Gasteiger partial charge in [0.05, 0.1) is 17.6 Å². The second-order valence-corrected chi connectivity index (χ2v) is 3.75. The third kappa shape index (κ3) is 2.19. The molecule has 3 heteroatoms. The zero-order valence-corrected chi connectivity index (χ0v) is 9.10. The molecule has 0 atom stereocenters. The maximum Gasteiger partial charge on any atom is 0.309 e. The van der Waals surface area contributed by atoms with E-state index in [4.69, 9.17) is 5.11 Å². The number of aliphatic carboxylic acids is 1. The van der Waals surface area contributed by atoms with Gasteiger partial charge in [0, 0.05) is 5.39 Å². The number of carboxylic acids is 1. The molecule has 1 N–H and O–H groups in total. The minimum Gasteiger partial charge on any atom is -0.481 e. The molecule has 16 heavy (non-hydrogen) atoms. The Morgan fingerprint density at radius 3 is 2.81 bits per heavy atom. The Labute approximate surface area is 93.7 Å². The molecule has 0 radical (unpaired) electrons. The summed E-state index contributed by atoms with van der Waals surface area (Å²) >= 11 is 0. The Hall–Kier alpha value is -1.90. The number of aryl methyl sites for hydroxylation is 1. The summed E-state index contributed by atoms with van der Waals surface area (Å²) in [6, 6.07) is 9.77. The highest BCUT2D eigenvalue weighted by Crippen LogP contribution is 2.15. The van der Waals surface area contributed by atoms with Crippen LogP contribution < -0.4 is 0 Å². The van der Waals surface area contributed by atoms with Crippen LogP contribution in [0.15, 0.2) is 30.3 Å². The number of nitrogens with zero attached hydrogens (tertiary/aromatic N) is 1. The summed E-state index contributed by atoms with van der Waals surface area (Å²) in [5.74, 6) is -0.850. The van der Waals surface area contributed by atoms with Crippen LogP contribution in [0.2, 0.25) is 0 Å². The van der Waals surface area contributed by atoms with Crippen molar-refractivity contribution in [2.75, 3.05) is 0 Å². The van der Waals surface area contributed by atoms with Gasteiger partial charge in [0.25, 0.3) is 0 Å². The third-order valence-electron chi connectivity index (χ3n) is 2.55. The van der Waals surface area contributed by atoms with Gasteiger partial charge in [0.2, 0.25) is 0 Å². The van der Waals surface area contributed by atoms with Crippen molar-refractivity contribution in [2.24, 2.45) is 0 Å². The summed E-state index contributed by atoms with van der Waals surface area (Å²) in [5.41, 5.74) is 2.72. The molecule has 0 aliphatic carbocycles. The van der Waals surface area contributed by atoms with Crippen LogP contribution in [-0.2, 0) is 17.6 Å². The molecule has 3 nitrogen and oxygen atoms in total. The van der Waals surface area contributed by atoms with Gasteiger partial charge in [-0.1, -0.05) is 19.1 Å². The van der Waals surface area contributed by atoms with E-state index in [1.807, 2.05) is 18.2 Å². The highest BCUT2D eigenvalue weighted by atomic mass is 16.4. The van der Waals surface area contributed by atoms with Gasteiger partial charge in [-0.2, -0.15) is 0 Å². The van der Waals surface area contributed by atoms with Crippen molar-refractivity contribution >= 4 is 16.9 Å². The molecule has 0 fully saturated rings. The first-order chi connectivity index (χ1) is 7.69. The van der Waals surface area contributed by atoms with E-state index >= 15 is 0 Å².